The number of rotatable bonds is 4. The van der Waals surface area contributed by atoms with Gasteiger partial charge >= 0.3 is 0 Å². The molecule has 1 aliphatic heterocycles. The van der Waals surface area contributed by atoms with Crippen molar-refractivity contribution < 1.29 is 4.79 Å². The third-order valence-corrected chi connectivity index (χ3v) is 4.65. The standard InChI is InChI=1S/C16H18N2OS/c1-12-5-2-3-6-13(12)14-11-20-15(17-14)8-10-18-9-4-7-16(18)19/h2-3,5-6,11H,4,7-10H2,1H3. The molecule has 3 rings (SSSR count). The van der Waals surface area contributed by atoms with Crippen molar-refractivity contribution in [3.05, 3.63) is 40.2 Å². The van der Waals surface area contributed by atoms with Gasteiger partial charge in [-0.05, 0) is 18.9 Å². The van der Waals surface area contributed by atoms with E-state index in [4.69, 9.17) is 4.98 Å². The quantitative estimate of drug-likeness (QED) is 0.864. The summed E-state index contributed by atoms with van der Waals surface area (Å²) in [5.74, 6) is 0.292. The molecule has 1 aromatic heterocycles. The lowest BCUT2D eigenvalue weighted by atomic mass is 10.1. The normalized spacial score (nSPS) is 15.1. The van der Waals surface area contributed by atoms with Crippen LogP contribution in [-0.2, 0) is 11.2 Å². The number of carbonyl (C=O) groups is 1. The average molecular weight is 286 g/mol. The van der Waals surface area contributed by atoms with Crippen molar-refractivity contribution in [3.63, 3.8) is 0 Å². The highest BCUT2D eigenvalue weighted by Crippen LogP contribution is 2.25. The Labute approximate surface area is 123 Å². The van der Waals surface area contributed by atoms with Crippen LogP contribution in [0.15, 0.2) is 29.6 Å². The van der Waals surface area contributed by atoms with Crippen LogP contribution in [0, 0.1) is 6.92 Å². The zero-order valence-corrected chi connectivity index (χ0v) is 12.4. The molecule has 3 nitrogen and oxygen atoms in total. The first-order valence-electron chi connectivity index (χ1n) is 7.02. The van der Waals surface area contributed by atoms with Crippen LogP contribution in [0.5, 0.6) is 0 Å². The molecule has 1 amide bonds. The van der Waals surface area contributed by atoms with Crippen LogP contribution in [0.25, 0.3) is 11.3 Å². The van der Waals surface area contributed by atoms with E-state index < -0.39 is 0 Å². The van der Waals surface area contributed by atoms with E-state index in [0.29, 0.717) is 12.3 Å². The van der Waals surface area contributed by atoms with Gasteiger partial charge in [-0.3, -0.25) is 4.79 Å². The molecule has 0 radical (unpaired) electrons. The summed E-state index contributed by atoms with van der Waals surface area (Å²) >= 11 is 1.69. The highest BCUT2D eigenvalue weighted by atomic mass is 32.1. The predicted octanol–water partition coefficient (Wildman–Crippen LogP) is 3.28. The second-order valence-electron chi connectivity index (χ2n) is 5.18. The van der Waals surface area contributed by atoms with Gasteiger partial charge in [-0.2, -0.15) is 0 Å². The van der Waals surface area contributed by atoms with Crippen LogP contribution < -0.4 is 0 Å². The van der Waals surface area contributed by atoms with Crippen molar-refractivity contribution in [3.8, 4) is 11.3 Å². The first-order valence-corrected chi connectivity index (χ1v) is 7.90. The van der Waals surface area contributed by atoms with Gasteiger partial charge in [0.1, 0.15) is 0 Å². The Hall–Kier alpha value is -1.68. The fourth-order valence-corrected chi connectivity index (χ4v) is 3.37. The fourth-order valence-electron chi connectivity index (χ4n) is 2.58. The number of hydrogen-bond donors (Lipinski definition) is 0. The Bertz CT molecular complexity index is 620. The first kappa shape index (κ1) is 13.3. The third kappa shape index (κ3) is 2.75. The monoisotopic (exact) mass is 286 g/mol. The minimum atomic E-state index is 0.292. The largest absolute Gasteiger partial charge is 0.342 e. The molecule has 0 unspecified atom stereocenters. The minimum absolute atomic E-state index is 0.292. The van der Waals surface area contributed by atoms with E-state index in [-0.39, 0.29) is 0 Å². The maximum atomic E-state index is 11.6. The summed E-state index contributed by atoms with van der Waals surface area (Å²) in [7, 11) is 0. The topological polar surface area (TPSA) is 33.2 Å². The van der Waals surface area contributed by atoms with Gasteiger partial charge in [0, 0.05) is 36.9 Å². The molecule has 4 heteroatoms. The molecule has 2 aromatic rings. The van der Waals surface area contributed by atoms with E-state index in [1.165, 1.54) is 11.1 Å². The van der Waals surface area contributed by atoms with E-state index >= 15 is 0 Å². The lowest BCUT2D eigenvalue weighted by Crippen LogP contribution is -2.26. The van der Waals surface area contributed by atoms with Gasteiger partial charge in [0.15, 0.2) is 0 Å². The molecule has 0 aliphatic carbocycles. The first-order chi connectivity index (χ1) is 9.74. The van der Waals surface area contributed by atoms with Crippen LogP contribution in [0.2, 0.25) is 0 Å². The van der Waals surface area contributed by atoms with Crippen LogP contribution in [-0.4, -0.2) is 28.9 Å². The molecule has 104 valence electrons. The van der Waals surface area contributed by atoms with Crippen molar-refractivity contribution in [2.45, 2.75) is 26.2 Å². The highest BCUT2D eigenvalue weighted by Gasteiger charge is 2.19. The minimum Gasteiger partial charge on any atom is -0.342 e. The molecular weight excluding hydrogens is 268 g/mol. The number of nitrogens with zero attached hydrogens (tertiary/aromatic N) is 2. The molecule has 1 aliphatic rings. The number of benzene rings is 1. The van der Waals surface area contributed by atoms with Crippen LogP contribution in [0.4, 0.5) is 0 Å². The van der Waals surface area contributed by atoms with Gasteiger partial charge in [0.25, 0.3) is 0 Å². The summed E-state index contributed by atoms with van der Waals surface area (Å²) < 4.78 is 0. The summed E-state index contributed by atoms with van der Waals surface area (Å²) in [6, 6.07) is 8.31. The second-order valence-corrected chi connectivity index (χ2v) is 6.12. The zero-order chi connectivity index (χ0) is 13.9. The van der Waals surface area contributed by atoms with Crippen molar-refractivity contribution in [2.75, 3.05) is 13.1 Å². The molecule has 0 N–H and O–H groups in total. The zero-order valence-electron chi connectivity index (χ0n) is 11.6. The lowest BCUT2D eigenvalue weighted by Gasteiger charge is -2.13. The van der Waals surface area contributed by atoms with Gasteiger partial charge in [-0.1, -0.05) is 24.3 Å². The molecule has 0 bridgehead atoms. The summed E-state index contributed by atoms with van der Waals surface area (Å²) in [6.45, 7) is 3.83. The molecule has 1 aromatic carbocycles. The Morgan fingerprint density at radius 1 is 1.35 bits per heavy atom. The van der Waals surface area contributed by atoms with E-state index in [1.54, 1.807) is 11.3 Å². The smallest absolute Gasteiger partial charge is 0.222 e. The predicted molar refractivity (Wildman–Crippen MR) is 81.8 cm³/mol. The second kappa shape index (κ2) is 5.75. The summed E-state index contributed by atoms with van der Waals surface area (Å²) in [4.78, 5) is 18.2. The van der Waals surface area contributed by atoms with Crippen LogP contribution in [0.3, 0.4) is 0 Å². The van der Waals surface area contributed by atoms with E-state index in [2.05, 4.69) is 24.4 Å². The van der Waals surface area contributed by atoms with Crippen molar-refractivity contribution >= 4 is 17.2 Å². The third-order valence-electron chi connectivity index (χ3n) is 3.74. The Morgan fingerprint density at radius 3 is 2.95 bits per heavy atom. The summed E-state index contributed by atoms with van der Waals surface area (Å²) in [5.41, 5.74) is 3.50. The van der Waals surface area contributed by atoms with Gasteiger partial charge < -0.3 is 4.90 Å². The lowest BCUT2D eigenvalue weighted by molar-refractivity contribution is -0.127. The Balaban J connectivity index is 1.68. The Morgan fingerprint density at radius 2 is 2.20 bits per heavy atom. The molecule has 2 heterocycles. The molecule has 1 fully saturated rings. The van der Waals surface area contributed by atoms with Crippen molar-refractivity contribution in [1.82, 2.24) is 9.88 Å². The average Bonchev–Trinajstić information content (AvgIpc) is 3.06. The molecular formula is C16H18N2OS. The van der Waals surface area contributed by atoms with Gasteiger partial charge in [0.05, 0.1) is 10.7 Å². The highest BCUT2D eigenvalue weighted by molar-refractivity contribution is 7.09. The number of aryl methyl sites for hydroxylation is 1. The van der Waals surface area contributed by atoms with Gasteiger partial charge in [0.2, 0.25) is 5.91 Å². The summed E-state index contributed by atoms with van der Waals surface area (Å²) in [5, 5.41) is 3.23. The Kier molecular flexibility index (Phi) is 3.83. The number of thiazole rings is 1. The SMILES string of the molecule is Cc1ccccc1-c1csc(CCN2CCCC2=O)n1. The van der Waals surface area contributed by atoms with E-state index in [0.717, 1.165) is 36.6 Å². The maximum Gasteiger partial charge on any atom is 0.222 e. The fraction of sp³-hybridized carbons (Fsp3) is 0.375. The van der Waals surface area contributed by atoms with E-state index in [9.17, 15) is 4.79 Å². The molecule has 1 saturated heterocycles. The number of aromatic nitrogens is 1. The molecule has 0 saturated carbocycles. The van der Waals surface area contributed by atoms with Crippen LogP contribution >= 0.6 is 11.3 Å². The van der Waals surface area contributed by atoms with Crippen LogP contribution in [0.1, 0.15) is 23.4 Å². The molecule has 0 atom stereocenters. The van der Waals surface area contributed by atoms with Gasteiger partial charge in [-0.25, -0.2) is 4.98 Å². The molecule has 0 spiro atoms. The number of amides is 1. The number of likely N-dealkylation sites (tertiary alicyclic amines) is 1. The number of hydrogen-bond acceptors (Lipinski definition) is 3. The maximum absolute atomic E-state index is 11.6. The molecule has 20 heavy (non-hydrogen) atoms. The summed E-state index contributed by atoms with van der Waals surface area (Å²) in [6.07, 6.45) is 2.58. The van der Waals surface area contributed by atoms with Crippen molar-refractivity contribution in [1.29, 1.82) is 0 Å². The van der Waals surface area contributed by atoms with Gasteiger partial charge in [-0.15, -0.1) is 11.3 Å². The number of carbonyl (C=O) groups excluding carboxylic acids is 1. The van der Waals surface area contributed by atoms with E-state index in [1.807, 2.05) is 17.0 Å². The van der Waals surface area contributed by atoms with Crippen molar-refractivity contribution in [2.24, 2.45) is 0 Å².